The highest BCUT2D eigenvalue weighted by Crippen LogP contribution is 2.32. The van der Waals surface area contributed by atoms with Gasteiger partial charge in [0, 0.05) is 29.9 Å². The van der Waals surface area contributed by atoms with Gasteiger partial charge in [0.25, 0.3) is 5.91 Å². The first-order valence-electron chi connectivity index (χ1n) is 9.20. The van der Waals surface area contributed by atoms with Crippen molar-refractivity contribution in [2.45, 2.75) is 37.1 Å². The van der Waals surface area contributed by atoms with Crippen molar-refractivity contribution in [3.63, 3.8) is 0 Å². The van der Waals surface area contributed by atoms with Gasteiger partial charge in [0.2, 0.25) is 10.0 Å². The van der Waals surface area contributed by atoms with Crippen molar-refractivity contribution in [2.75, 3.05) is 19.0 Å². The van der Waals surface area contributed by atoms with Crippen LogP contribution in [0.25, 0.3) is 0 Å². The lowest BCUT2D eigenvalue weighted by Gasteiger charge is -2.32. The van der Waals surface area contributed by atoms with Gasteiger partial charge in [-0.15, -0.1) is 0 Å². The number of benzene rings is 2. The average molecular weight is 424 g/mol. The molecule has 0 saturated carbocycles. The number of nitrogens with one attached hydrogen (secondary N) is 1. The first kappa shape index (κ1) is 21.2. The van der Waals surface area contributed by atoms with Crippen LogP contribution in [0.4, 0.5) is 14.5 Å². The second-order valence-corrected chi connectivity index (χ2v) is 8.77. The zero-order chi connectivity index (χ0) is 21.2. The third-order valence-electron chi connectivity index (χ3n) is 4.93. The summed E-state index contributed by atoms with van der Waals surface area (Å²) >= 11 is 0. The number of carbonyl (C=O) groups excluding carboxylic acids is 1. The number of sulfonamides is 1. The minimum absolute atomic E-state index is 0.0544. The fourth-order valence-electron chi connectivity index (χ4n) is 3.35. The van der Waals surface area contributed by atoms with E-state index in [9.17, 15) is 22.0 Å². The highest BCUT2D eigenvalue weighted by molar-refractivity contribution is 7.89. The molecule has 0 unspecified atom stereocenters. The van der Waals surface area contributed by atoms with Gasteiger partial charge in [0.15, 0.2) is 11.6 Å². The third kappa shape index (κ3) is 4.40. The van der Waals surface area contributed by atoms with E-state index in [1.807, 2.05) is 6.92 Å². The summed E-state index contributed by atoms with van der Waals surface area (Å²) in [5, 5.41) is 2.44. The number of halogens is 2. The van der Waals surface area contributed by atoms with E-state index in [0.717, 1.165) is 31.4 Å². The number of anilines is 1. The molecule has 6 nitrogen and oxygen atoms in total. The van der Waals surface area contributed by atoms with E-state index in [2.05, 4.69) is 5.32 Å². The Kier molecular flexibility index (Phi) is 6.18. The number of piperidine rings is 1. The smallest absolute Gasteiger partial charge is 0.255 e. The molecule has 2 aromatic carbocycles. The number of rotatable bonds is 5. The molecule has 3 rings (SSSR count). The molecule has 0 spiro atoms. The highest BCUT2D eigenvalue weighted by Gasteiger charge is 2.33. The predicted molar refractivity (Wildman–Crippen MR) is 105 cm³/mol. The van der Waals surface area contributed by atoms with Crippen LogP contribution in [0.15, 0.2) is 41.3 Å². The summed E-state index contributed by atoms with van der Waals surface area (Å²) < 4.78 is 59.5. The van der Waals surface area contributed by atoms with Gasteiger partial charge < -0.3 is 10.1 Å². The summed E-state index contributed by atoms with van der Waals surface area (Å²) in [7, 11) is -2.52. The molecule has 29 heavy (non-hydrogen) atoms. The van der Waals surface area contributed by atoms with Crippen LogP contribution in [0.1, 0.15) is 36.5 Å². The first-order valence-corrected chi connectivity index (χ1v) is 10.6. The first-order chi connectivity index (χ1) is 13.7. The monoisotopic (exact) mass is 424 g/mol. The van der Waals surface area contributed by atoms with E-state index >= 15 is 0 Å². The Bertz CT molecular complexity index is 1030. The molecule has 1 aliphatic rings. The van der Waals surface area contributed by atoms with Gasteiger partial charge in [-0.3, -0.25) is 4.79 Å². The lowest BCUT2D eigenvalue weighted by molar-refractivity contribution is 0.102. The summed E-state index contributed by atoms with van der Waals surface area (Å²) in [5.41, 5.74) is 0.109. The normalized spacial score (nSPS) is 17.7. The van der Waals surface area contributed by atoms with E-state index in [1.165, 1.54) is 35.7 Å². The van der Waals surface area contributed by atoms with Crippen LogP contribution in [0.3, 0.4) is 0 Å². The quantitative estimate of drug-likeness (QED) is 0.793. The molecule has 9 heteroatoms. The molecule has 2 aromatic rings. The predicted octanol–water partition coefficient (Wildman–Crippen LogP) is 3.79. The number of nitrogens with zero attached hydrogens (tertiary/aromatic N) is 1. The van der Waals surface area contributed by atoms with E-state index in [1.54, 1.807) is 0 Å². The van der Waals surface area contributed by atoms with Crippen LogP contribution >= 0.6 is 0 Å². The number of amides is 1. The number of ether oxygens (including phenoxy) is 1. The van der Waals surface area contributed by atoms with Crippen LogP contribution in [0.5, 0.6) is 5.75 Å². The molecule has 1 atom stereocenters. The molecule has 0 aliphatic carbocycles. The van der Waals surface area contributed by atoms with Crippen molar-refractivity contribution >= 4 is 21.6 Å². The average Bonchev–Trinajstić information content (AvgIpc) is 2.70. The van der Waals surface area contributed by atoms with Crippen molar-refractivity contribution in [3.8, 4) is 5.75 Å². The molecule has 1 fully saturated rings. The molecule has 1 saturated heterocycles. The molecule has 1 N–H and O–H groups in total. The number of hydrogen-bond donors (Lipinski definition) is 1. The second kappa shape index (κ2) is 8.46. The van der Waals surface area contributed by atoms with Gasteiger partial charge in [-0.1, -0.05) is 6.42 Å². The number of methoxy groups -OCH3 is 1. The van der Waals surface area contributed by atoms with Crippen molar-refractivity contribution in [2.24, 2.45) is 0 Å². The Morgan fingerprint density at radius 3 is 2.55 bits per heavy atom. The molecule has 156 valence electrons. The zero-order valence-corrected chi connectivity index (χ0v) is 16.9. The summed E-state index contributed by atoms with van der Waals surface area (Å²) in [6.45, 7) is 2.25. The largest absolute Gasteiger partial charge is 0.495 e. The van der Waals surface area contributed by atoms with E-state index in [0.29, 0.717) is 6.54 Å². The maximum atomic E-state index is 13.4. The van der Waals surface area contributed by atoms with Gasteiger partial charge >= 0.3 is 0 Å². The second-order valence-electron chi connectivity index (χ2n) is 6.91. The number of hydrogen-bond acceptors (Lipinski definition) is 4. The van der Waals surface area contributed by atoms with Gasteiger partial charge in [0.1, 0.15) is 10.6 Å². The number of carbonyl (C=O) groups is 1. The maximum Gasteiger partial charge on any atom is 0.255 e. The minimum atomic E-state index is -3.88. The standard InChI is InChI=1S/C20H22F2N2O4S/c1-13-5-3-4-10-24(13)29(26,27)19-11-14(6-9-18(19)28-2)20(25)23-15-7-8-16(21)17(22)12-15/h6-9,11-13H,3-5,10H2,1-2H3,(H,23,25)/t13-/m0/s1. The van der Waals surface area contributed by atoms with Crippen LogP contribution < -0.4 is 10.1 Å². The van der Waals surface area contributed by atoms with E-state index < -0.39 is 27.6 Å². The Morgan fingerprint density at radius 2 is 1.90 bits per heavy atom. The van der Waals surface area contributed by atoms with Crippen molar-refractivity contribution in [1.82, 2.24) is 4.31 Å². The van der Waals surface area contributed by atoms with Crippen molar-refractivity contribution in [3.05, 3.63) is 53.6 Å². The summed E-state index contributed by atoms with van der Waals surface area (Å²) in [5.74, 6) is -2.65. The molecule has 1 heterocycles. The molecular weight excluding hydrogens is 402 g/mol. The molecule has 0 aromatic heterocycles. The topological polar surface area (TPSA) is 75.7 Å². The SMILES string of the molecule is COc1ccc(C(=O)Nc2ccc(F)c(F)c2)cc1S(=O)(=O)N1CCCC[C@@H]1C. The summed E-state index contributed by atoms with van der Waals surface area (Å²) in [6, 6.07) is 6.86. The van der Waals surface area contributed by atoms with E-state index in [4.69, 9.17) is 4.74 Å². The Labute approximate surface area is 168 Å². The Balaban J connectivity index is 1.94. The lowest BCUT2D eigenvalue weighted by atomic mass is 10.1. The third-order valence-corrected chi connectivity index (χ3v) is 6.97. The molecule has 0 radical (unpaired) electrons. The molecular formula is C20H22F2N2O4S. The maximum absolute atomic E-state index is 13.4. The molecule has 1 aliphatic heterocycles. The zero-order valence-electron chi connectivity index (χ0n) is 16.1. The summed E-state index contributed by atoms with van der Waals surface area (Å²) in [4.78, 5) is 12.4. The Morgan fingerprint density at radius 1 is 1.14 bits per heavy atom. The molecule has 1 amide bonds. The van der Waals surface area contributed by atoms with Crippen molar-refractivity contribution < 1.29 is 26.7 Å². The highest BCUT2D eigenvalue weighted by atomic mass is 32.2. The van der Waals surface area contributed by atoms with Gasteiger partial charge in [-0.2, -0.15) is 4.31 Å². The fraction of sp³-hybridized carbons (Fsp3) is 0.350. The van der Waals surface area contributed by atoms with Gasteiger partial charge in [0.05, 0.1) is 7.11 Å². The van der Waals surface area contributed by atoms with Crippen LogP contribution in [0, 0.1) is 11.6 Å². The van der Waals surface area contributed by atoms with Crippen LogP contribution in [-0.2, 0) is 10.0 Å². The fourth-order valence-corrected chi connectivity index (χ4v) is 5.23. The van der Waals surface area contributed by atoms with Crippen LogP contribution in [0.2, 0.25) is 0 Å². The lowest BCUT2D eigenvalue weighted by Crippen LogP contribution is -2.42. The van der Waals surface area contributed by atoms with Gasteiger partial charge in [-0.05, 0) is 50.1 Å². The summed E-state index contributed by atoms with van der Waals surface area (Å²) in [6.07, 6.45) is 2.49. The van der Waals surface area contributed by atoms with Crippen molar-refractivity contribution in [1.29, 1.82) is 0 Å². The van der Waals surface area contributed by atoms with Gasteiger partial charge in [-0.25, -0.2) is 17.2 Å². The minimum Gasteiger partial charge on any atom is -0.495 e. The Hall–Kier alpha value is -2.52. The van der Waals surface area contributed by atoms with E-state index in [-0.39, 0.29) is 27.9 Å². The van der Waals surface area contributed by atoms with Crippen LogP contribution in [-0.4, -0.2) is 38.3 Å². The molecule has 0 bridgehead atoms.